The van der Waals surface area contributed by atoms with Crippen molar-refractivity contribution in [1.82, 2.24) is 15.0 Å². The van der Waals surface area contributed by atoms with Crippen LogP contribution in [0.25, 0.3) is 11.0 Å². The van der Waals surface area contributed by atoms with Crippen molar-refractivity contribution in [2.75, 3.05) is 7.11 Å². The minimum atomic E-state index is -0.173. The molecule has 1 aromatic carbocycles. The smallest absolute Gasteiger partial charge is 0.126 e. The number of nitrogens with zero attached hydrogens (tertiary/aromatic N) is 2. The third-order valence-electron chi connectivity index (χ3n) is 3.18. The Labute approximate surface area is 122 Å². The van der Waals surface area contributed by atoms with E-state index in [0.717, 1.165) is 33.9 Å². The Hall–Kier alpha value is -2.01. The second-order valence-electron chi connectivity index (χ2n) is 4.67. The van der Waals surface area contributed by atoms with Gasteiger partial charge in [0.25, 0.3) is 0 Å². The molecule has 0 saturated heterocycles. The fourth-order valence-corrected chi connectivity index (χ4v) is 2.38. The molecule has 4 nitrogen and oxygen atoms in total. The number of ether oxygens (including phenoxy) is 1. The number of imidazole rings is 1. The van der Waals surface area contributed by atoms with E-state index in [1.807, 2.05) is 37.3 Å². The van der Waals surface area contributed by atoms with Gasteiger partial charge in [-0.25, -0.2) is 4.98 Å². The number of methoxy groups -OCH3 is 1. The zero-order chi connectivity index (χ0) is 14.1. The summed E-state index contributed by atoms with van der Waals surface area (Å²) < 4.78 is 5.21. The summed E-state index contributed by atoms with van der Waals surface area (Å²) >= 11 is 4.63. The third kappa shape index (κ3) is 2.36. The number of benzene rings is 1. The van der Waals surface area contributed by atoms with Crippen LogP contribution in [0.15, 0.2) is 36.5 Å². The van der Waals surface area contributed by atoms with Gasteiger partial charge < -0.3 is 9.72 Å². The van der Waals surface area contributed by atoms with E-state index in [1.54, 1.807) is 13.3 Å². The summed E-state index contributed by atoms with van der Waals surface area (Å²) in [6.45, 7) is 2.04. The second-order valence-corrected chi connectivity index (χ2v) is 5.18. The average Bonchev–Trinajstić information content (AvgIpc) is 2.89. The highest BCUT2D eigenvalue weighted by atomic mass is 32.1. The number of aromatic nitrogens is 3. The normalized spacial score (nSPS) is 12.6. The molecule has 0 radical (unpaired) electrons. The lowest BCUT2D eigenvalue weighted by atomic mass is 10.2. The number of hydrogen-bond donors (Lipinski definition) is 2. The van der Waals surface area contributed by atoms with Gasteiger partial charge >= 0.3 is 0 Å². The summed E-state index contributed by atoms with van der Waals surface area (Å²) in [5.74, 6) is 1.59. The van der Waals surface area contributed by atoms with Crippen molar-refractivity contribution < 1.29 is 4.74 Å². The molecule has 0 fully saturated rings. The molecule has 0 spiro atoms. The van der Waals surface area contributed by atoms with Gasteiger partial charge in [-0.1, -0.05) is 0 Å². The predicted molar refractivity (Wildman–Crippen MR) is 82.4 cm³/mol. The molecular weight excluding hydrogens is 270 g/mol. The first-order valence-electron chi connectivity index (χ1n) is 6.31. The van der Waals surface area contributed by atoms with Gasteiger partial charge in [0, 0.05) is 12.3 Å². The van der Waals surface area contributed by atoms with Crippen molar-refractivity contribution in [2.24, 2.45) is 0 Å². The van der Waals surface area contributed by atoms with Crippen molar-refractivity contribution in [1.29, 1.82) is 0 Å². The second kappa shape index (κ2) is 5.17. The Morgan fingerprint density at radius 3 is 2.85 bits per heavy atom. The molecule has 0 saturated carbocycles. The highest BCUT2D eigenvalue weighted by Crippen LogP contribution is 2.28. The van der Waals surface area contributed by atoms with E-state index in [9.17, 15) is 0 Å². The molecule has 3 rings (SSSR count). The lowest BCUT2D eigenvalue weighted by Crippen LogP contribution is -1.99. The molecule has 0 aliphatic carbocycles. The number of thiol groups is 1. The standard InChI is InChI=1S/C15H15N3OS/c1-9-5-6-16-13(7-9)14(20)15-17-11-4-3-10(19-2)8-12(11)18-15/h3-8,14,20H,1-2H3,(H,17,18). The van der Waals surface area contributed by atoms with E-state index in [-0.39, 0.29) is 5.25 Å². The average molecular weight is 285 g/mol. The van der Waals surface area contributed by atoms with E-state index in [0.29, 0.717) is 0 Å². The van der Waals surface area contributed by atoms with Crippen LogP contribution in [0.5, 0.6) is 5.75 Å². The van der Waals surface area contributed by atoms with Crippen LogP contribution in [-0.4, -0.2) is 22.1 Å². The van der Waals surface area contributed by atoms with Crippen molar-refractivity contribution in [3.8, 4) is 5.75 Å². The molecule has 1 N–H and O–H groups in total. The van der Waals surface area contributed by atoms with Gasteiger partial charge in [-0.15, -0.1) is 0 Å². The van der Waals surface area contributed by atoms with Crippen molar-refractivity contribution in [2.45, 2.75) is 12.2 Å². The maximum atomic E-state index is 5.21. The topological polar surface area (TPSA) is 50.8 Å². The number of pyridine rings is 1. The molecule has 20 heavy (non-hydrogen) atoms. The largest absolute Gasteiger partial charge is 0.497 e. The zero-order valence-corrected chi connectivity index (χ0v) is 12.2. The molecule has 1 atom stereocenters. The fourth-order valence-electron chi connectivity index (χ4n) is 2.11. The highest BCUT2D eigenvalue weighted by molar-refractivity contribution is 7.80. The fraction of sp³-hybridized carbons (Fsp3) is 0.200. The first kappa shape index (κ1) is 13.0. The minimum absolute atomic E-state index is 0.173. The first-order chi connectivity index (χ1) is 9.67. The van der Waals surface area contributed by atoms with Crippen LogP contribution in [-0.2, 0) is 0 Å². The van der Waals surface area contributed by atoms with E-state index in [1.165, 1.54) is 0 Å². The number of aromatic amines is 1. The molecule has 3 aromatic rings. The van der Waals surface area contributed by atoms with Gasteiger partial charge in [0.2, 0.25) is 0 Å². The molecule has 2 heterocycles. The van der Waals surface area contributed by atoms with Crippen LogP contribution in [0.3, 0.4) is 0 Å². The van der Waals surface area contributed by atoms with Crippen molar-refractivity contribution in [3.63, 3.8) is 0 Å². The molecule has 0 bridgehead atoms. The summed E-state index contributed by atoms with van der Waals surface area (Å²) in [7, 11) is 1.65. The van der Waals surface area contributed by atoms with Crippen LogP contribution in [0.4, 0.5) is 0 Å². The Balaban J connectivity index is 2.01. The molecule has 1 unspecified atom stereocenters. The van der Waals surface area contributed by atoms with E-state index >= 15 is 0 Å². The van der Waals surface area contributed by atoms with E-state index in [4.69, 9.17) is 4.74 Å². The molecular formula is C15H15N3OS. The number of H-pyrrole nitrogens is 1. The van der Waals surface area contributed by atoms with Crippen molar-refractivity contribution >= 4 is 23.7 Å². The summed E-state index contributed by atoms with van der Waals surface area (Å²) in [6.07, 6.45) is 1.79. The lowest BCUT2D eigenvalue weighted by Gasteiger charge is -2.07. The van der Waals surface area contributed by atoms with Crippen LogP contribution in [0.1, 0.15) is 22.3 Å². The molecule has 0 amide bonds. The molecule has 0 aliphatic rings. The van der Waals surface area contributed by atoms with Gasteiger partial charge in [0.15, 0.2) is 0 Å². The highest BCUT2D eigenvalue weighted by Gasteiger charge is 2.15. The lowest BCUT2D eigenvalue weighted by molar-refractivity contribution is 0.415. The number of hydrogen-bond acceptors (Lipinski definition) is 4. The maximum Gasteiger partial charge on any atom is 0.126 e. The Bertz CT molecular complexity index is 754. The predicted octanol–water partition coefficient (Wildman–Crippen LogP) is 3.29. The van der Waals surface area contributed by atoms with Gasteiger partial charge in [0.05, 0.1) is 23.8 Å². The SMILES string of the molecule is COc1ccc2nc(C(S)c3cc(C)ccn3)[nH]c2c1. The van der Waals surface area contributed by atoms with Gasteiger partial charge in [0.1, 0.15) is 16.8 Å². The van der Waals surface area contributed by atoms with Crippen LogP contribution in [0, 0.1) is 6.92 Å². The number of nitrogens with one attached hydrogen (secondary N) is 1. The van der Waals surface area contributed by atoms with Crippen LogP contribution in [0.2, 0.25) is 0 Å². The maximum absolute atomic E-state index is 5.21. The first-order valence-corrected chi connectivity index (χ1v) is 6.83. The summed E-state index contributed by atoms with van der Waals surface area (Å²) in [4.78, 5) is 12.2. The van der Waals surface area contributed by atoms with E-state index in [2.05, 4.69) is 27.6 Å². The summed E-state index contributed by atoms with van der Waals surface area (Å²) in [6, 6.07) is 9.73. The number of fused-ring (bicyclic) bond motifs is 1. The Kier molecular flexibility index (Phi) is 3.36. The van der Waals surface area contributed by atoms with Gasteiger partial charge in [-0.3, -0.25) is 4.98 Å². The minimum Gasteiger partial charge on any atom is -0.497 e. The van der Waals surface area contributed by atoms with Crippen LogP contribution >= 0.6 is 12.6 Å². The zero-order valence-electron chi connectivity index (χ0n) is 11.3. The molecule has 5 heteroatoms. The molecule has 102 valence electrons. The molecule has 2 aromatic heterocycles. The van der Waals surface area contributed by atoms with E-state index < -0.39 is 0 Å². The Morgan fingerprint density at radius 2 is 2.10 bits per heavy atom. The van der Waals surface area contributed by atoms with Crippen LogP contribution < -0.4 is 4.74 Å². The van der Waals surface area contributed by atoms with Gasteiger partial charge in [-0.05, 0) is 36.8 Å². The quantitative estimate of drug-likeness (QED) is 0.726. The molecule has 0 aliphatic heterocycles. The number of aryl methyl sites for hydroxylation is 1. The third-order valence-corrected chi connectivity index (χ3v) is 3.69. The van der Waals surface area contributed by atoms with Gasteiger partial charge in [-0.2, -0.15) is 12.6 Å². The summed E-state index contributed by atoms with van der Waals surface area (Å²) in [5.41, 5.74) is 3.88. The number of rotatable bonds is 3. The monoisotopic (exact) mass is 285 g/mol. The Morgan fingerprint density at radius 1 is 1.25 bits per heavy atom. The van der Waals surface area contributed by atoms with Crippen molar-refractivity contribution in [3.05, 3.63) is 53.6 Å². The summed E-state index contributed by atoms with van der Waals surface area (Å²) in [5, 5.41) is -0.173.